The molecule has 0 aliphatic rings. The van der Waals surface area contributed by atoms with Gasteiger partial charge in [0.2, 0.25) is 5.82 Å². The Labute approximate surface area is 126 Å². The molecule has 0 saturated carbocycles. The van der Waals surface area contributed by atoms with Crippen molar-refractivity contribution >= 4 is 51.4 Å². The highest BCUT2D eigenvalue weighted by Gasteiger charge is 2.21. The lowest BCUT2D eigenvalue weighted by atomic mass is 10.2. The molecule has 1 N–H and O–H groups in total. The van der Waals surface area contributed by atoms with Crippen LogP contribution in [0, 0.1) is 15.9 Å². The SMILES string of the molecule is O=[N+]([O-])c1c(F)cccc1Nc1c(Cl)ccc2nsnc12. The zero-order valence-electron chi connectivity index (χ0n) is 10.2. The molecule has 9 heteroatoms. The molecule has 0 aliphatic carbocycles. The second-order valence-corrected chi connectivity index (χ2v) is 5.01. The summed E-state index contributed by atoms with van der Waals surface area (Å²) in [4.78, 5) is 10.2. The van der Waals surface area contributed by atoms with Crippen molar-refractivity contribution in [1.82, 2.24) is 8.75 Å². The Balaban J connectivity index is 2.15. The molecule has 0 atom stereocenters. The Morgan fingerprint density at radius 1 is 1.29 bits per heavy atom. The fraction of sp³-hybridized carbons (Fsp3) is 0. The highest BCUT2D eigenvalue weighted by atomic mass is 35.5. The van der Waals surface area contributed by atoms with Crippen molar-refractivity contribution in [3.05, 3.63) is 51.3 Å². The molecule has 0 spiro atoms. The molecule has 2 aromatic carbocycles. The number of nitro groups is 1. The quantitative estimate of drug-likeness (QED) is 0.578. The number of hydrogen-bond donors (Lipinski definition) is 1. The summed E-state index contributed by atoms with van der Waals surface area (Å²) in [5.41, 5.74) is 0.796. The molecule has 3 aromatic rings. The van der Waals surface area contributed by atoms with E-state index in [0.717, 1.165) is 17.8 Å². The van der Waals surface area contributed by atoms with Gasteiger partial charge in [-0.3, -0.25) is 10.1 Å². The third-order valence-electron chi connectivity index (χ3n) is 2.81. The molecule has 0 unspecified atom stereocenters. The number of fused-ring (bicyclic) bond motifs is 1. The van der Waals surface area contributed by atoms with E-state index in [4.69, 9.17) is 11.6 Å². The van der Waals surface area contributed by atoms with Gasteiger partial charge in [-0.1, -0.05) is 17.7 Å². The first-order valence-electron chi connectivity index (χ1n) is 5.68. The Morgan fingerprint density at radius 3 is 2.86 bits per heavy atom. The van der Waals surface area contributed by atoms with Crippen LogP contribution < -0.4 is 5.32 Å². The number of nitrogens with one attached hydrogen (secondary N) is 1. The van der Waals surface area contributed by atoms with Crippen LogP contribution >= 0.6 is 23.3 Å². The molecular weight excluding hydrogens is 319 g/mol. The lowest BCUT2D eigenvalue weighted by molar-refractivity contribution is -0.386. The van der Waals surface area contributed by atoms with E-state index in [1.807, 2.05) is 0 Å². The van der Waals surface area contributed by atoms with Gasteiger partial charge in [0.15, 0.2) is 0 Å². The van der Waals surface area contributed by atoms with Crippen LogP contribution in [-0.4, -0.2) is 13.7 Å². The first-order valence-corrected chi connectivity index (χ1v) is 6.79. The number of aromatic nitrogens is 2. The minimum absolute atomic E-state index is 0.00222. The molecule has 1 heterocycles. The van der Waals surface area contributed by atoms with Crippen molar-refractivity contribution in [2.45, 2.75) is 0 Å². The third kappa shape index (κ3) is 2.39. The Bertz CT molecular complexity index is 854. The Morgan fingerprint density at radius 2 is 2.10 bits per heavy atom. The van der Waals surface area contributed by atoms with Gasteiger partial charge in [0.25, 0.3) is 0 Å². The number of benzene rings is 2. The second-order valence-electron chi connectivity index (χ2n) is 4.07. The van der Waals surface area contributed by atoms with Crippen LogP contribution in [-0.2, 0) is 0 Å². The van der Waals surface area contributed by atoms with Crippen LogP contribution in [0.1, 0.15) is 0 Å². The van der Waals surface area contributed by atoms with E-state index in [9.17, 15) is 14.5 Å². The van der Waals surface area contributed by atoms with Gasteiger partial charge >= 0.3 is 5.69 Å². The standard InChI is InChI=1S/C12H6ClFN4O2S/c13-6-4-5-8-11(17-21-16-8)10(6)15-9-3-1-2-7(14)12(9)18(19)20/h1-5,15H. The molecule has 0 bridgehead atoms. The zero-order valence-corrected chi connectivity index (χ0v) is 11.8. The molecule has 3 rings (SSSR count). The summed E-state index contributed by atoms with van der Waals surface area (Å²) in [5, 5.41) is 14.1. The summed E-state index contributed by atoms with van der Waals surface area (Å²) in [7, 11) is 0. The smallest absolute Gasteiger partial charge is 0.327 e. The van der Waals surface area contributed by atoms with Gasteiger partial charge in [-0.2, -0.15) is 13.1 Å². The van der Waals surface area contributed by atoms with E-state index in [1.165, 1.54) is 12.1 Å². The highest BCUT2D eigenvalue weighted by molar-refractivity contribution is 7.00. The number of nitrogens with zero attached hydrogens (tertiary/aromatic N) is 3. The first-order chi connectivity index (χ1) is 10.1. The van der Waals surface area contributed by atoms with Crippen molar-refractivity contribution < 1.29 is 9.31 Å². The van der Waals surface area contributed by atoms with Gasteiger partial charge in [0.1, 0.15) is 16.7 Å². The van der Waals surface area contributed by atoms with Gasteiger partial charge < -0.3 is 5.32 Å². The van der Waals surface area contributed by atoms with E-state index in [2.05, 4.69) is 14.1 Å². The van der Waals surface area contributed by atoms with Crippen LogP contribution in [0.15, 0.2) is 30.3 Å². The lowest BCUT2D eigenvalue weighted by Gasteiger charge is -2.09. The fourth-order valence-corrected chi connectivity index (χ4v) is 2.62. The monoisotopic (exact) mass is 324 g/mol. The predicted octanol–water partition coefficient (Wildman–Crippen LogP) is 4.14. The average Bonchev–Trinajstić information content (AvgIpc) is 2.90. The summed E-state index contributed by atoms with van der Waals surface area (Å²) in [5.74, 6) is -0.926. The van der Waals surface area contributed by atoms with Gasteiger partial charge in [0.05, 0.1) is 27.4 Å². The van der Waals surface area contributed by atoms with Crippen molar-refractivity contribution in [3.63, 3.8) is 0 Å². The predicted molar refractivity (Wildman–Crippen MR) is 78.8 cm³/mol. The van der Waals surface area contributed by atoms with Crippen LogP contribution in [0.2, 0.25) is 5.02 Å². The van der Waals surface area contributed by atoms with Crippen LogP contribution in [0.25, 0.3) is 11.0 Å². The molecule has 0 aliphatic heterocycles. The number of hydrogen-bond acceptors (Lipinski definition) is 6. The molecule has 1 aromatic heterocycles. The molecule has 106 valence electrons. The van der Waals surface area contributed by atoms with Gasteiger partial charge in [0, 0.05) is 0 Å². The van der Waals surface area contributed by atoms with E-state index >= 15 is 0 Å². The number of nitro benzene ring substituents is 1. The Hall–Kier alpha value is -2.32. The summed E-state index contributed by atoms with van der Waals surface area (Å²) in [6, 6.07) is 7.08. The van der Waals surface area contributed by atoms with Crippen molar-refractivity contribution in [2.75, 3.05) is 5.32 Å². The topological polar surface area (TPSA) is 81.0 Å². The van der Waals surface area contributed by atoms with E-state index in [1.54, 1.807) is 12.1 Å². The molecular formula is C12H6ClFN4O2S. The van der Waals surface area contributed by atoms with Crippen LogP contribution in [0.4, 0.5) is 21.5 Å². The average molecular weight is 325 g/mol. The lowest BCUT2D eigenvalue weighted by Crippen LogP contribution is -2.00. The first kappa shape index (κ1) is 13.7. The molecule has 0 radical (unpaired) electrons. The van der Waals surface area contributed by atoms with Crippen LogP contribution in [0.3, 0.4) is 0 Å². The minimum Gasteiger partial charge on any atom is -0.347 e. The maximum absolute atomic E-state index is 13.6. The molecule has 0 amide bonds. The largest absolute Gasteiger partial charge is 0.347 e. The third-order valence-corrected chi connectivity index (χ3v) is 3.66. The minimum atomic E-state index is -0.926. The van der Waals surface area contributed by atoms with Crippen molar-refractivity contribution in [3.8, 4) is 0 Å². The Kier molecular flexibility index (Phi) is 3.40. The van der Waals surface area contributed by atoms with E-state index < -0.39 is 16.4 Å². The van der Waals surface area contributed by atoms with E-state index in [-0.39, 0.29) is 5.69 Å². The number of halogens is 2. The van der Waals surface area contributed by atoms with Crippen LogP contribution in [0.5, 0.6) is 0 Å². The summed E-state index contributed by atoms with van der Waals surface area (Å²) < 4.78 is 21.8. The fourth-order valence-electron chi connectivity index (χ4n) is 1.88. The summed E-state index contributed by atoms with van der Waals surface area (Å²) in [6.45, 7) is 0. The van der Waals surface area contributed by atoms with Crippen molar-refractivity contribution in [2.24, 2.45) is 0 Å². The summed E-state index contributed by atoms with van der Waals surface area (Å²) in [6.07, 6.45) is 0. The number of rotatable bonds is 3. The number of anilines is 2. The van der Waals surface area contributed by atoms with E-state index in [0.29, 0.717) is 21.7 Å². The van der Waals surface area contributed by atoms with Crippen molar-refractivity contribution in [1.29, 1.82) is 0 Å². The molecule has 6 nitrogen and oxygen atoms in total. The van der Waals surface area contributed by atoms with Gasteiger partial charge in [-0.25, -0.2) is 0 Å². The second kappa shape index (κ2) is 5.23. The molecule has 0 fully saturated rings. The summed E-state index contributed by atoms with van der Waals surface area (Å²) >= 11 is 7.09. The van der Waals surface area contributed by atoms with Gasteiger partial charge in [-0.15, -0.1) is 0 Å². The molecule has 0 saturated heterocycles. The highest BCUT2D eigenvalue weighted by Crippen LogP contribution is 2.36. The molecule has 21 heavy (non-hydrogen) atoms. The zero-order chi connectivity index (χ0) is 15.0. The maximum atomic E-state index is 13.6. The number of para-hydroxylation sites is 1. The normalized spacial score (nSPS) is 10.8. The maximum Gasteiger partial charge on any atom is 0.327 e. The van der Waals surface area contributed by atoms with Gasteiger partial charge in [-0.05, 0) is 24.3 Å².